The number of aromatic hydroxyl groups is 1. The fourth-order valence-electron chi connectivity index (χ4n) is 6.46. The van der Waals surface area contributed by atoms with Crippen LogP contribution in [0.4, 0.5) is 0 Å². The molecule has 18 heteroatoms. The van der Waals surface area contributed by atoms with E-state index in [0.29, 0.717) is 49.9 Å². The van der Waals surface area contributed by atoms with Gasteiger partial charge in [-0.3, -0.25) is 29.4 Å². The maximum absolute atomic E-state index is 13.7. The van der Waals surface area contributed by atoms with Crippen molar-refractivity contribution in [3.63, 3.8) is 0 Å². The van der Waals surface area contributed by atoms with E-state index < -0.39 is 71.4 Å². The molecule has 7 atom stereocenters. The van der Waals surface area contributed by atoms with Gasteiger partial charge in [-0.15, -0.1) is 0 Å². The number of methoxy groups -OCH3 is 1. The first-order valence-corrected chi connectivity index (χ1v) is 21.1. The summed E-state index contributed by atoms with van der Waals surface area (Å²) in [5.74, 6) is -3.49. The van der Waals surface area contributed by atoms with Crippen molar-refractivity contribution >= 4 is 35.6 Å². The Labute approximate surface area is 360 Å². The van der Waals surface area contributed by atoms with E-state index in [0.717, 1.165) is 0 Å². The zero-order valence-corrected chi connectivity index (χ0v) is 37.4. The predicted octanol–water partition coefficient (Wildman–Crippen LogP) is 2.52. The second-order valence-corrected chi connectivity index (χ2v) is 17.4. The summed E-state index contributed by atoms with van der Waals surface area (Å²) in [6.45, 7) is 15.1. The molecule has 0 saturated carbocycles. The molecule has 2 aromatic rings. The number of phenolic OH excluding ortho intramolecular Hbond substituents is 1. The molecular formula is C43H71N9O9. The smallest absolute Gasteiger partial charge is 0.342 e. The fraction of sp³-hybridized carbons (Fsp3) is 0.651. The number of aromatic amines is 1. The number of imidazole rings is 1. The average Bonchev–Trinajstić information content (AvgIpc) is 3.71. The van der Waals surface area contributed by atoms with Crippen molar-refractivity contribution in [3.05, 3.63) is 47.5 Å². The number of amides is 4. The Hall–Kier alpha value is -5.07. The highest BCUT2D eigenvalue weighted by atomic mass is 16.6. The highest BCUT2D eigenvalue weighted by molar-refractivity contribution is 5.93. The van der Waals surface area contributed by atoms with E-state index in [2.05, 4.69) is 26.0 Å². The van der Waals surface area contributed by atoms with Crippen molar-refractivity contribution in [2.24, 2.45) is 35.0 Å². The monoisotopic (exact) mass is 858 g/mol. The number of phenols is 1. The van der Waals surface area contributed by atoms with Crippen molar-refractivity contribution < 1.29 is 43.3 Å². The highest BCUT2D eigenvalue weighted by Crippen LogP contribution is 2.23. The third-order valence-electron chi connectivity index (χ3n) is 10.3. The van der Waals surface area contributed by atoms with Crippen LogP contribution in [0.1, 0.15) is 122 Å². The van der Waals surface area contributed by atoms with Gasteiger partial charge in [0.2, 0.25) is 17.7 Å². The second kappa shape index (κ2) is 25.0. The molecule has 4 amide bonds. The molecule has 18 nitrogen and oxygen atoms in total. The molecule has 2 rings (SSSR count). The van der Waals surface area contributed by atoms with E-state index in [9.17, 15) is 33.9 Å². The van der Waals surface area contributed by atoms with Gasteiger partial charge in [-0.25, -0.2) is 14.8 Å². The largest absolute Gasteiger partial charge is 0.507 e. The Balaban J connectivity index is 2.00. The normalized spacial score (nSPS) is 15.0. The van der Waals surface area contributed by atoms with Gasteiger partial charge in [-0.1, -0.05) is 53.5 Å². The van der Waals surface area contributed by atoms with Gasteiger partial charge in [0.25, 0.3) is 5.91 Å². The maximum Gasteiger partial charge on any atom is 0.342 e. The lowest BCUT2D eigenvalue weighted by Crippen LogP contribution is -2.62. The maximum atomic E-state index is 13.7. The Kier molecular flexibility index (Phi) is 21.3. The number of nitrogens with zero attached hydrogens (tertiary/aromatic N) is 2. The van der Waals surface area contributed by atoms with Crippen LogP contribution in [0.3, 0.4) is 0 Å². The number of esters is 2. The van der Waals surface area contributed by atoms with Crippen molar-refractivity contribution in [1.29, 1.82) is 0 Å². The SMILES string of the molecule is CC[C@H](C)[C@H](N)C(=O)N(NC(=O)CCCCC(C)CNC(=O)[C@H](Cc1cnc[nH]1)NC(=O)[C@@H](N)Cc1ccc(C(=O)OC(C)(C)C)c(O)c1)[C@@H](CC(C)C)[C@@H](N)CC(=O)OC. The summed E-state index contributed by atoms with van der Waals surface area (Å²) in [4.78, 5) is 85.2. The van der Waals surface area contributed by atoms with Gasteiger partial charge >= 0.3 is 11.9 Å². The van der Waals surface area contributed by atoms with Gasteiger partial charge in [-0.05, 0) is 81.9 Å². The predicted molar refractivity (Wildman–Crippen MR) is 230 cm³/mol. The van der Waals surface area contributed by atoms with E-state index in [1.54, 1.807) is 33.0 Å². The number of hydrogen-bond donors (Lipinski definition) is 8. The molecule has 0 aliphatic rings. The van der Waals surface area contributed by atoms with Crippen LogP contribution in [0.15, 0.2) is 30.7 Å². The standard InChI is InChI=1S/C43H71N9O9/c1-10-27(5)38(46)41(58)52(34(17-25(2)3)31(44)21-37(55)60-9)51-36(54)14-12-11-13-26(4)22-48-40(57)33(20-29-23-47-24-49-29)50-39(56)32(45)18-28-15-16-30(35(53)19-28)42(59)61-43(6,7)8/h15-16,19,23-27,31-34,38,53H,10-14,17-18,20-22,44-46H2,1-9H3,(H,47,49)(H,48,57)(H,50,56)(H,51,54)/t26?,27-,31-,32-,33-,34-,38-/m0/s1. The van der Waals surface area contributed by atoms with Crippen LogP contribution >= 0.6 is 0 Å². The number of aromatic nitrogens is 2. The van der Waals surface area contributed by atoms with Crippen LogP contribution in [0.5, 0.6) is 5.75 Å². The molecule has 1 unspecified atom stereocenters. The lowest BCUT2D eigenvalue weighted by molar-refractivity contribution is -0.149. The number of ether oxygens (including phenoxy) is 2. The summed E-state index contributed by atoms with van der Waals surface area (Å²) in [6.07, 6.45) is 5.97. The molecule has 0 fully saturated rings. The molecule has 0 spiro atoms. The zero-order chi connectivity index (χ0) is 46.0. The minimum atomic E-state index is -1.08. The van der Waals surface area contributed by atoms with E-state index in [-0.39, 0.29) is 54.7 Å². The van der Waals surface area contributed by atoms with Crippen LogP contribution in [-0.2, 0) is 46.3 Å². The van der Waals surface area contributed by atoms with Gasteiger partial charge in [0.1, 0.15) is 23.0 Å². The number of carbonyl (C=O) groups excluding carboxylic acids is 6. The minimum Gasteiger partial charge on any atom is -0.507 e. The van der Waals surface area contributed by atoms with Crippen LogP contribution in [0.2, 0.25) is 0 Å². The van der Waals surface area contributed by atoms with E-state index in [1.165, 1.54) is 30.6 Å². The number of nitrogens with one attached hydrogen (secondary N) is 4. The number of carbonyl (C=O) groups is 6. The van der Waals surface area contributed by atoms with Crippen LogP contribution in [-0.4, -0.2) is 105 Å². The van der Waals surface area contributed by atoms with E-state index in [4.69, 9.17) is 26.7 Å². The molecule has 61 heavy (non-hydrogen) atoms. The Morgan fingerprint density at radius 2 is 1.67 bits per heavy atom. The number of rotatable bonds is 24. The zero-order valence-electron chi connectivity index (χ0n) is 37.4. The quantitative estimate of drug-likeness (QED) is 0.0429. The lowest BCUT2D eigenvalue weighted by Gasteiger charge is -2.38. The third-order valence-corrected chi connectivity index (χ3v) is 10.3. The second-order valence-electron chi connectivity index (χ2n) is 17.4. The summed E-state index contributed by atoms with van der Waals surface area (Å²) in [5, 5.41) is 17.4. The highest BCUT2D eigenvalue weighted by Gasteiger charge is 2.36. The Morgan fingerprint density at radius 1 is 0.984 bits per heavy atom. The number of nitrogens with two attached hydrogens (primary N) is 3. The minimum absolute atomic E-state index is 0.00690. The summed E-state index contributed by atoms with van der Waals surface area (Å²) in [7, 11) is 1.26. The molecule has 0 radical (unpaired) electrons. The Morgan fingerprint density at radius 3 is 2.25 bits per heavy atom. The van der Waals surface area contributed by atoms with Gasteiger partial charge in [-0.2, -0.15) is 0 Å². The molecule has 1 heterocycles. The number of hydrogen-bond acceptors (Lipinski definition) is 13. The van der Waals surface area contributed by atoms with Gasteiger partial charge in [0.05, 0.1) is 38.0 Å². The first-order chi connectivity index (χ1) is 28.6. The topological polar surface area (TPSA) is 287 Å². The molecule has 1 aromatic heterocycles. The molecular weight excluding hydrogens is 787 g/mol. The first-order valence-electron chi connectivity index (χ1n) is 21.1. The average molecular weight is 858 g/mol. The fourth-order valence-corrected chi connectivity index (χ4v) is 6.46. The number of H-pyrrole nitrogens is 1. The van der Waals surface area contributed by atoms with Crippen LogP contribution < -0.4 is 33.3 Å². The third kappa shape index (κ3) is 18.2. The van der Waals surface area contributed by atoms with Crippen molar-refractivity contribution in [2.75, 3.05) is 13.7 Å². The summed E-state index contributed by atoms with van der Waals surface area (Å²) in [5.41, 5.74) is 22.1. The van der Waals surface area contributed by atoms with Gasteiger partial charge in [0, 0.05) is 37.3 Å². The molecule has 0 aliphatic heterocycles. The van der Waals surface area contributed by atoms with E-state index in [1.807, 2.05) is 34.6 Å². The molecule has 0 aliphatic carbocycles. The summed E-state index contributed by atoms with van der Waals surface area (Å²) in [6, 6.07) is -0.142. The van der Waals surface area contributed by atoms with Crippen LogP contribution in [0, 0.1) is 17.8 Å². The van der Waals surface area contributed by atoms with E-state index >= 15 is 0 Å². The Bertz CT molecular complexity index is 1730. The van der Waals surface area contributed by atoms with Crippen LogP contribution in [0.25, 0.3) is 0 Å². The van der Waals surface area contributed by atoms with Crippen molar-refractivity contribution in [2.45, 2.75) is 149 Å². The number of unbranched alkanes of at least 4 members (excludes halogenated alkanes) is 1. The number of benzene rings is 1. The first kappa shape index (κ1) is 52.1. The molecule has 11 N–H and O–H groups in total. The molecule has 0 bridgehead atoms. The lowest BCUT2D eigenvalue weighted by atomic mass is 9.93. The van der Waals surface area contributed by atoms with Crippen molar-refractivity contribution in [1.82, 2.24) is 31.0 Å². The molecule has 1 aromatic carbocycles. The molecule has 0 saturated heterocycles. The molecule has 342 valence electrons. The van der Waals surface area contributed by atoms with Gasteiger partial charge in [0.15, 0.2) is 0 Å². The number of hydrazine groups is 1. The summed E-state index contributed by atoms with van der Waals surface area (Å²) >= 11 is 0. The van der Waals surface area contributed by atoms with Gasteiger partial charge < -0.3 is 47.4 Å². The summed E-state index contributed by atoms with van der Waals surface area (Å²) < 4.78 is 10.1. The van der Waals surface area contributed by atoms with Crippen molar-refractivity contribution in [3.8, 4) is 5.75 Å².